The average Bonchev–Trinajstić information content (AvgIpc) is 2.48. The molecule has 1 aliphatic heterocycles. The van der Waals surface area contributed by atoms with Crippen molar-refractivity contribution in [2.75, 3.05) is 24.5 Å². The van der Waals surface area contributed by atoms with Crippen LogP contribution >= 0.6 is 0 Å². The molecule has 1 aliphatic rings. The molecule has 118 valence electrons. The molecular formula is C18H29FN2. The van der Waals surface area contributed by atoms with Crippen LogP contribution in [-0.2, 0) is 6.54 Å². The molecule has 1 saturated heterocycles. The van der Waals surface area contributed by atoms with Gasteiger partial charge in [-0.15, -0.1) is 0 Å². The van der Waals surface area contributed by atoms with E-state index in [1.54, 1.807) is 6.07 Å². The van der Waals surface area contributed by atoms with Crippen molar-refractivity contribution in [3.05, 3.63) is 29.6 Å². The molecule has 3 heteroatoms. The molecule has 1 heterocycles. The van der Waals surface area contributed by atoms with Crippen LogP contribution in [0.4, 0.5) is 10.1 Å². The highest BCUT2D eigenvalue weighted by Gasteiger charge is 2.23. The zero-order valence-corrected chi connectivity index (χ0v) is 13.7. The van der Waals surface area contributed by atoms with Crippen LogP contribution in [0, 0.1) is 17.7 Å². The molecule has 0 atom stereocenters. The van der Waals surface area contributed by atoms with Crippen LogP contribution in [0.25, 0.3) is 0 Å². The van der Waals surface area contributed by atoms with Gasteiger partial charge in [0.1, 0.15) is 5.82 Å². The normalized spacial score (nSPS) is 16.7. The Morgan fingerprint density at radius 1 is 1.29 bits per heavy atom. The van der Waals surface area contributed by atoms with Gasteiger partial charge in [-0.1, -0.05) is 26.8 Å². The van der Waals surface area contributed by atoms with Crippen LogP contribution in [0.1, 0.15) is 45.6 Å². The number of anilines is 1. The molecule has 1 fully saturated rings. The summed E-state index contributed by atoms with van der Waals surface area (Å²) in [5, 5.41) is 3.32. The predicted octanol–water partition coefficient (Wildman–Crippen LogP) is 4.20. The summed E-state index contributed by atoms with van der Waals surface area (Å²) in [6.07, 6.45) is 3.46. The molecule has 0 aromatic heterocycles. The molecule has 1 N–H and O–H groups in total. The predicted molar refractivity (Wildman–Crippen MR) is 88.2 cm³/mol. The third-order valence-corrected chi connectivity index (χ3v) is 4.59. The van der Waals surface area contributed by atoms with Gasteiger partial charge in [0.05, 0.1) is 5.69 Å². The zero-order valence-electron chi connectivity index (χ0n) is 13.7. The van der Waals surface area contributed by atoms with Gasteiger partial charge in [0.15, 0.2) is 0 Å². The van der Waals surface area contributed by atoms with Crippen LogP contribution in [-0.4, -0.2) is 19.6 Å². The van der Waals surface area contributed by atoms with Gasteiger partial charge < -0.3 is 10.2 Å². The number of benzene rings is 1. The Kier molecular flexibility index (Phi) is 6.04. The van der Waals surface area contributed by atoms with Crippen molar-refractivity contribution >= 4 is 5.69 Å². The fraction of sp³-hybridized carbons (Fsp3) is 0.667. The summed E-state index contributed by atoms with van der Waals surface area (Å²) in [6, 6.07) is 5.69. The maximum absolute atomic E-state index is 14.3. The summed E-state index contributed by atoms with van der Waals surface area (Å²) < 4.78 is 14.3. The molecule has 1 aromatic rings. The van der Waals surface area contributed by atoms with E-state index in [0.717, 1.165) is 55.7 Å². The topological polar surface area (TPSA) is 15.3 Å². The fourth-order valence-corrected chi connectivity index (χ4v) is 3.13. The van der Waals surface area contributed by atoms with Gasteiger partial charge >= 0.3 is 0 Å². The van der Waals surface area contributed by atoms with Crippen LogP contribution < -0.4 is 10.2 Å². The van der Waals surface area contributed by atoms with Crippen LogP contribution in [0.15, 0.2) is 18.2 Å². The molecule has 1 aromatic carbocycles. The molecule has 0 radical (unpaired) electrons. The minimum atomic E-state index is -0.0752. The maximum Gasteiger partial charge on any atom is 0.146 e. The molecule has 0 unspecified atom stereocenters. The second-order valence-electron chi connectivity index (χ2n) is 6.53. The summed E-state index contributed by atoms with van der Waals surface area (Å²) in [6.45, 7) is 10.4. The molecule has 0 spiro atoms. The lowest BCUT2D eigenvalue weighted by Gasteiger charge is -2.35. The van der Waals surface area contributed by atoms with E-state index < -0.39 is 0 Å². The second kappa shape index (κ2) is 7.79. The minimum absolute atomic E-state index is 0.0752. The highest BCUT2D eigenvalue weighted by molar-refractivity contribution is 5.49. The van der Waals surface area contributed by atoms with Crippen molar-refractivity contribution in [2.24, 2.45) is 11.8 Å². The average molecular weight is 292 g/mol. The Morgan fingerprint density at radius 2 is 2.00 bits per heavy atom. The monoisotopic (exact) mass is 292 g/mol. The van der Waals surface area contributed by atoms with Gasteiger partial charge in [0, 0.05) is 19.6 Å². The third-order valence-electron chi connectivity index (χ3n) is 4.59. The Hall–Kier alpha value is -1.09. The van der Waals surface area contributed by atoms with Crippen LogP contribution in [0.3, 0.4) is 0 Å². The molecule has 0 saturated carbocycles. The van der Waals surface area contributed by atoms with Gasteiger partial charge in [-0.25, -0.2) is 4.39 Å². The van der Waals surface area contributed by atoms with Crippen LogP contribution in [0.2, 0.25) is 0 Å². The number of halogens is 1. The first-order valence-corrected chi connectivity index (χ1v) is 8.36. The van der Waals surface area contributed by atoms with E-state index >= 15 is 0 Å². The van der Waals surface area contributed by atoms with Crippen LogP contribution in [0.5, 0.6) is 0 Å². The van der Waals surface area contributed by atoms with Gasteiger partial charge in [0.25, 0.3) is 0 Å². The summed E-state index contributed by atoms with van der Waals surface area (Å²) >= 11 is 0. The van der Waals surface area contributed by atoms with Crippen molar-refractivity contribution in [2.45, 2.75) is 46.6 Å². The molecule has 0 amide bonds. The molecular weight excluding hydrogens is 263 g/mol. The lowest BCUT2D eigenvalue weighted by atomic mass is 9.86. The van der Waals surface area contributed by atoms with E-state index in [9.17, 15) is 4.39 Å². The Bertz CT molecular complexity index is 437. The standard InChI is InChI=1S/C18H29FN2/c1-4-9-20-13-15-5-6-18(17(19)12-15)21-10-7-16(8-11-21)14(2)3/h5-6,12,14,16,20H,4,7-11,13H2,1-3H3. The lowest BCUT2D eigenvalue weighted by Crippen LogP contribution is -2.35. The fourth-order valence-electron chi connectivity index (χ4n) is 3.13. The smallest absolute Gasteiger partial charge is 0.146 e. The maximum atomic E-state index is 14.3. The van der Waals surface area contributed by atoms with Gasteiger partial charge in [-0.3, -0.25) is 0 Å². The summed E-state index contributed by atoms with van der Waals surface area (Å²) in [5.74, 6) is 1.46. The molecule has 21 heavy (non-hydrogen) atoms. The first-order chi connectivity index (χ1) is 10.1. The van der Waals surface area contributed by atoms with Gasteiger partial charge in [-0.2, -0.15) is 0 Å². The largest absolute Gasteiger partial charge is 0.369 e. The van der Waals surface area contributed by atoms with E-state index in [1.807, 2.05) is 6.07 Å². The number of nitrogens with zero attached hydrogens (tertiary/aromatic N) is 1. The number of piperidine rings is 1. The van der Waals surface area contributed by atoms with E-state index in [0.29, 0.717) is 0 Å². The van der Waals surface area contributed by atoms with Gasteiger partial charge in [0.2, 0.25) is 0 Å². The molecule has 0 aliphatic carbocycles. The molecule has 2 rings (SSSR count). The number of hydrogen-bond acceptors (Lipinski definition) is 2. The summed E-state index contributed by atoms with van der Waals surface area (Å²) in [7, 11) is 0. The third kappa shape index (κ3) is 4.44. The highest BCUT2D eigenvalue weighted by Crippen LogP contribution is 2.29. The SMILES string of the molecule is CCCNCc1ccc(N2CCC(C(C)C)CC2)c(F)c1. The number of hydrogen-bond donors (Lipinski definition) is 1. The minimum Gasteiger partial charge on any atom is -0.369 e. The molecule has 2 nitrogen and oxygen atoms in total. The Balaban J connectivity index is 1.95. The number of nitrogens with one attached hydrogen (secondary N) is 1. The van der Waals surface area contributed by atoms with Crippen molar-refractivity contribution < 1.29 is 4.39 Å². The van der Waals surface area contributed by atoms with E-state index in [2.05, 4.69) is 37.1 Å². The number of rotatable bonds is 6. The van der Waals surface area contributed by atoms with Crippen molar-refractivity contribution in [1.82, 2.24) is 5.32 Å². The van der Waals surface area contributed by atoms with E-state index in [4.69, 9.17) is 0 Å². The van der Waals surface area contributed by atoms with Crippen molar-refractivity contribution in [3.8, 4) is 0 Å². The van der Waals surface area contributed by atoms with Gasteiger partial charge in [-0.05, 0) is 55.3 Å². The van der Waals surface area contributed by atoms with E-state index in [1.165, 1.54) is 12.8 Å². The Morgan fingerprint density at radius 3 is 2.57 bits per heavy atom. The van der Waals surface area contributed by atoms with E-state index in [-0.39, 0.29) is 5.82 Å². The lowest BCUT2D eigenvalue weighted by molar-refractivity contribution is 0.310. The first kappa shape index (κ1) is 16.3. The Labute approximate surface area is 128 Å². The summed E-state index contributed by atoms with van der Waals surface area (Å²) in [5.41, 5.74) is 1.80. The zero-order chi connectivity index (χ0) is 15.2. The summed E-state index contributed by atoms with van der Waals surface area (Å²) in [4.78, 5) is 2.21. The first-order valence-electron chi connectivity index (χ1n) is 8.36. The molecule has 0 bridgehead atoms. The van der Waals surface area contributed by atoms with Crippen molar-refractivity contribution in [3.63, 3.8) is 0 Å². The quantitative estimate of drug-likeness (QED) is 0.791. The highest BCUT2D eigenvalue weighted by atomic mass is 19.1. The second-order valence-corrected chi connectivity index (χ2v) is 6.53. The van der Waals surface area contributed by atoms with Crippen molar-refractivity contribution in [1.29, 1.82) is 0 Å².